The highest BCUT2D eigenvalue weighted by atomic mass is 35.5. The van der Waals surface area contributed by atoms with Gasteiger partial charge in [0.25, 0.3) is 5.69 Å². The number of benzene rings is 2. The number of carbonyl (C=O) groups is 1. The summed E-state index contributed by atoms with van der Waals surface area (Å²) in [5.41, 5.74) is 1.40. The van der Waals surface area contributed by atoms with Gasteiger partial charge in [0.15, 0.2) is 0 Å². The third kappa shape index (κ3) is 4.77. The first-order valence-corrected chi connectivity index (χ1v) is 9.27. The van der Waals surface area contributed by atoms with E-state index in [1.807, 2.05) is 4.90 Å². The molecular weight excluding hydrogens is 368 g/mol. The molecule has 142 valence electrons. The number of rotatable bonds is 5. The lowest BCUT2D eigenvalue weighted by Crippen LogP contribution is -2.34. The van der Waals surface area contributed by atoms with Gasteiger partial charge in [-0.05, 0) is 48.6 Å². The minimum Gasteiger partial charge on any atom is -0.457 e. The summed E-state index contributed by atoms with van der Waals surface area (Å²) in [6, 6.07) is 11.5. The number of hydrogen-bond acceptors (Lipinski definition) is 5. The molecule has 1 saturated heterocycles. The van der Waals surface area contributed by atoms with Crippen molar-refractivity contribution in [2.24, 2.45) is 5.92 Å². The first-order valence-electron chi connectivity index (χ1n) is 8.89. The minimum absolute atomic E-state index is 0.0541. The van der Waals surface area contributed by atoms with Crippen LogP contribution in [0, 0.1) is 16.0 Å². The van der Waals surface area contributed by atoms with Crippen molar-refractivity contribution >= 4 is 28.9 Å². The number of nitrogens with zero attached hydrogens (tertiary/aromatic N) is 2. The van der Waals surface area contributed by atoms with Gasteiger partial charge in [0.2, 0.25) is 0 Å². The largest absolute Gasteiger partial charge is 0.457 e. The van der Waals surface area contributed by atoms with E-state index in [9.17, 15) is 14.9 Å². The molecular formula is C20H21ClN2O4. The van der Waals surface area contributed by atoms with E-state index < -0.39 is 10.9 Å². The van der Waals surface area contributed by atoms with Gasteiger partial charge in [-0.15, -0.1) is 0 Å². The van der Waals surface area contributed by atoms with Crippen molar-refractivity contribution in [2.75, 3.05) is 18.0 Å². The highest BCUT2D eigenvalue weighted by Crippen LogP contribution is 2.32. The topological polar surface area (TPSA) is 72.7 Å². The Morgan fingerprint density at radius 2 is 2.15 bits per heavy atom. The standard InChI is InChI=1S/C20H21ClN2O4/c1-14-4-3-9-22(12-14)18-8-7-16(11-19(18)23(25)26)20(24)27-13-15-5-2-6-17(21)10-15/h2,5-8,10-11,14H,3-4,9,12-13H2,1H3/t14-/m0/s1. The summed E-state index contributed by atoms with van der Waals surface area (Å²) in [5.74, 6) is -0.114. The zero-order valence-electron chi connectivity index (χ0n) is 15.1. The first kappa shape index (κ1) is 19.2. The lowest BCUT2D eigenvalue weighted by molar-refractivity contribution is -0.384. The van der Waals surface area contributed by atoms with E-state index >= 15 is 0 Å². The maximum Gasteiger partial charge on any atom is 0.338 e. The fourth-order valence-electron chi connectivity index (χ4n) is 3.33. The van der Waals surface area contributed by atoms with Gasteiger partial charge in [-0.3, -0.25) is 10.1 Å². The number of carbonyl (C=O) groups excluding carboxylic acids is 1. The summed E-state index contributed by atoms with van der Waals surface area (Å²) >= 11 is 5.91. The molecule has 27 heavy (non-hydrogen) atoms. The molecule has 0 aromatic heterocycles. The molecule has 0 radical (unpaired) electrons. The maximum absolute atomic E-state index is 12.3. The van der Waals surface area contributed by atoms with E-state index in [4.69, 9.17) is 16.3 Å². The van der Waals surface area contributed by atoms with Crippen LogP contribution in [0.4, 0.5) is 11.4 Å². The number of halogens is 1. The smallest absolute Gasteiger partial charge is 0.338 e. The van der Waals surface area contributed by atoms with Crippen LogP contribution in [0.5, 0.6) is 0 Å². The molecule has 0 N–H and O–H groups in total. The average molecular weight is 389 g/mol. The molecule has 0 aliphatic carbocycles. The van der Waals surface area contributed by atoms with Crippen LogP contribution in [0.25, 0.3) is 0 Å². The van der Waals surface area contributed by atoms with Gasteiger partial charge < -0.3 is 9.64 Å². The SMILES string of the molecule is C[C@H]1CCCN(c2ccc(C(=O)OCc3cccc(Cl)c3)cc2[N+](=O)[O-])C1. The van der Waals surface area contributed by atoms with E-state index in [-0.39, 0.29) is 17.9 Å². The molecule has 0 amide bonds. The summed E-state index contributed by atoms with van der Waals surface area (Å²) < 4.78 is 5.27. The van der Waals surface area contributed by atoms with Crippen molar-refractivity contribution in [1.29, 1.82) is 0 Å². The average Bonchev–Trinajstić information content (AvgIpc) is 2.65. The lowest BCUT2D eigenvalue weighted by Gasteiger charge is -2.32. The van der Waals surface area contributed by atoms with E-state index in [1.54, 1.807) is 36.4 Å². The molecule has 7 heteroatoms. The highest BCUT2D eigenvalue weighted by Gasteiger charge is 2.25. The van der Waals surface area contributed by atoms with Gasteiger partial charge in [-0.25, -0.2) is 4.79 Å². The molecule has 1 fully saturated rings. The number of esters is 1. The molecule has 3 rings (SSSR count). The molecule has 1 aliphatic heterocycles. The van der Waals surface area contributed by atoms with Crippen molar-refractivity contribution in [3.8, 4) is 0 Å². The number of ether oxygens (including phenoxy) is 1. The molecule has 1 aliphatic rings. The molecule has 2 aromatic rings. The number of nitro benzene ring substituents is 1. The minimum atomic E-state index is -0.600. The molecule has 0 unspecified atom stereocenters. The van der Waals surface area contributed by atoms with Crippen LogP contribution < -0.4 is 4.90 Å². The summed E-state index contributed by atoms with van der Waals surface area (Å²) in [4.78, 5) is 25.5. The van der Waals surface area contributed by atoms with Crippen molar-refractivity contribution in [3.05, 3.63) is 68.7 Å². The summed E-state index contributed by atoms with van der Waals surface area (Å²) in [6.45, 7) is 3.75. The maximum atomic E-state index is 12.3. The quantitative estimate of drug-likeness (QED) is 0.416. The zero-order chi connectivity index (χ0) is 19.4. The Morgan fingerprint density at radius 3 is 2.85 bits per heavy atom. The number of anilines is 1. The summed E-state index contributed by atoms with van der Waals surface area (Å²) in [6.07, 6.45) is 2.12. The molecule has 6 nitrogen and oxygen atoms in total. The predicted molar refractivity (Wildman–Crippen MR) is 104 cm³/mol. The van der Waals surface area contributed by atoms with Crippen molar-refractivity contribution in [1.82, 2.24) is 0 Å². The second kappa shape index (κ2) is 8.39. The Balaban J connectivity index is 1.76. The van der Waals surface area contributed by atoms with E-state index in [2.05, 4.69) is 6.92 Å². The van der Waals surface area contributed by atoms with Crippen LogP contribution in [-0.4, -0.2) is 24.0 Å². The Hall–Kier alpha value is -2.60. The van der Waals surface area contributed by atoms with Gasteiger partial charge >= 0.3 is 5.97 Å². The molecule has 1 atom stereocenters. The second-order valence-corrected chi connectivity index (χ2v) is 7.30. The Bertz CT molecular complexity index is 856. The molecule has 1 heterocycles. The third-order valence-electron chi connectivity index (χ3n) is 4.66. The molecule has 0 bridgehead atoms. The van der Waals surface area contributed by atoms with E-state index in [0.717, 1.165) is 31.5 Å². The summed E-state index contributed by atoms with van der Waals surface area (Å²) in [5, 5.41) is 12.1. The van der Waals surface area contributed by atoms with Gasteiger partial charge in [0, 0.05) is 24.2 Å². The zero-order valence-corrected chi connectivity index (χ0v) is 15.8. The third-order valence-corrected chi connectivity index (χ3v) is 4.90. The van der Waals surface area contributed by atoms with Gasteiger partial charge in [-0.1, -0.05) is 30.7 Å². The number of piperidine rings is 1. The monoisotopic (exact) mass is 388 g/mol. The molecule has 2 aromatic carbocycles. The predicted octanol–water partition coefficient (Wildman–Crippen LogP) is 4.84. The normalized spacial score (nSPS) is 16.8. The van der Waals surface area contributed by atoms with Crippen molar-refractivity contribution < 1.29 is 14.5 Å². The fourth-order valence-corrected chi connectivity index (χ4v) is 3.54. The second-order valence-electron chi connectivity index (χ2n) is 6.86. The van der Waals surface area contributed by atoms with Crippen LogP contribution in [0.15, 0.2) is 42.5 Å². The van der Waals surface area contributed by atoms with Crippen LogP contribution in [0.1, 0.15) is 35.7 Å². The van der Waals surface area contributed by atoms with Crippen molar-refractivity contribution in [2.45, 2.75) is 26.4 Å². The van der Waals surface area contributed by atoms with Gasteiger partial charge in [0.05, 0.1) is 10.5 Å². The van der Waals surface area contributed by atoms with Crippen LogP contribution in [0.2, 0.25) is 5.02 Å². The number of nitro groups is 1. The summed E-state index contributed by atoms with van der Waals surface area (Å²) in [7, 11) is 0. The van der Waals surface area contributed by atoms with Gasteiger partial charge in [-0.2, -0.15) is 0 Å². The molecule has 0 spiro atoms. The van der Waals surface area contributed by atoms with Crippen LogP contribution in [0.3, 0.4) is 0 Å². The fraction of sp³-hybridized carbons (Fsp3) is 0.350. The molecule has 0 saturated carbocycles. The van der Waals surface area contributed by atoms with E-state index in [0.29, 0.717) is 16.6 Å². The lowest BCUT2D eigenvalue weighted by atomic mass is 9.99. The first-order chi connectivity index (χ1) is 12.9. The Morgan fingerprint density at radius 1 is 1.33 bits per heavy atom. The van der Waals surface area contributed by atoms with Gasteiger partial charge in [0.1, 0.15) is 12.3 Å². The van der Waals surface area contributed by atoms with Crippen molar-refractivity contribution in [3.63, 3.8) is 0 Å². The van der Waals surface area contributed by atoms with Crippen LogP contribution in [-0.2, 0) is 11.3 Å². The highest BCUT2D eigenvalue weighted by molar-refractivity contribution is 6.30. The number of hydrogen-bond donors (Lipinski definition) is 0. The van der Waals surface area contributed by atoms with E-state index in [1.165, 1.54) is 6.07 Å². The Kier molecular flexibility index (Phi) is 5.96. The Labute approximate surface area is 162 Å². The van der Waals surface area contributed by atoms with Crippen LogP contribution >= 0.6 is 11.6 Å².